The van der Waals surface area contributed by atoms with Gasteiger partial charge in [0.05, 0.1) is 20.3 Å². The van der Waals surface area contributed by atoms with Crippen molar-refractivity contribution < 1.29 is 9.47 Å². The van der Waals surface area contributed by atoms with Gasteiger partial charge in [-0.05, 0) is 37.4 Å². The van der Waals surface area contributed by atoms with E-state index in [-0.39, 0.29) is 5.41 Å². The topological polar surface area (TPSA) is 44.5 Å². The van der Waals surface area contributed by atoms with Crippen LogP contribution in [0, 0.1) is 0 Å². The summed E-state index contributed by atoms with van der Waals surface area (Å²) >= 11 is 0. The largest absolute Gasteiger partial charge is 0.496 e. The summed E-state index contributed by atoms with van der Waals surface area (Å²) in [5.74, 6) is 0.979. The van der Waals surface area contributed by atoms with Crippen molar-refractivity contribution in [1.29, 1.82) is 0 Å². The summed E-state index contributed by atoms with van der Waals surface area (Å²) in [5, 5.41) is 0. The lowest BCUT2D eigenvalue weighted by atomic mass is 9.74. The Balaban J connectivity index is 2.33. The quantitative estimate of drug-likeness (QED) is 0.841. The monoisotopic (exact) mass is 249 g/mol. The van der Waals surface area contributed by atoms with Crippen molar-refractivity contribution >= 4 is 0 Å². The molecule has 1 aromatic rings. The van der Waals surface area contributed by atoms with E-state index in [0.717, 1.165) is 44.8 Å². The van der Waals surface area contributed by atoms with Crippen molar-refractivity contribution in [2.45, 2.75) is 31.6 Å². The van der Waals surface area contributed by atoms with Gasteiger partial charge in [0.2, 0.25) is 0 Å². The maximum atomic E-state index is 5.65. The zero-order chi connectivity index (χ0) is 13.0. The molecule has 0 spiro atoms. The standard InChI is InChI=1S/C15H23NO2/c1-3-12-5-6-14(17-2)13(9-12)15(7-4-8-16)10-18-11-15/h5-6,9H,3-4,7-8,10-11,16H2,1-2H3. The summed E-state index contributed by atoms with van der Waals surface area (Å²) in [7, 11) is 1.74. The van der Waals surface area contributed by atoms with Gasteiger partial charge in [-0.1, -0.05) is 19.1 Å². The minimum Gasteiger partial charge on any atom is -0.496 e. The van der Waals surface area contributed by atoms with Gasteiger partial charge in [-0.2, -0.15) is 0 Å². The fourth-order valence-corrected chi connectivity index (χ4v) is 2.61. The second-order valence-electron chi connectivity index (χ2n) is 5.05. The number of benzene rings is 1. The van der Waals surface area contributed by atoms with E-state index in [1.54, 1.807) is 7.11 Å². The highest BCUT2D eigenvalue weighted by molar-refractivity contribution is 5.44. The van der Waals surface area contributed by atoms with Gasteiger partial charge in [0.15, 0.2) is 0 Å². The lowest BCUT2D eigenvalue weighted by Gasteiger charge is -2.43. The Morgan fingerprint density at radius 1 is 1.39 bits per heavy atom. The van der Waals surface area contributed by atoms with Crippen LogP contribution >= 0.6 is 0 Å². The predicted molar refractivity (Wildman–Crippen MR) is 73.2 cm³/mol. The molecule has 0 aliphatic carbocycles. The Labute approximate surface area is 109 Å². The Bertz CT molecular complexity index is 399. The predicted octanol–water partition coefficient (Wildman–Crippen LogP) is 2.26. The molecule has 1 fully saturated rings. The molecule has 1 saturated heterocycles. The van der Waals surface area contributed by atoms with Crippen LogP contribution in [-0.4, -0.2) is 26.9 Å². The van der Waals surface area contributed by atoms with Crippen LogP contribution in [-0.2, 0) is 16.6 Å². The third kappa shape index (κ3) is 2.38. The smallest absolute Gasteiger partial charge is 0.122 e. The van der Waals surface area contributed by atoms with Crippen molar-refractivity contribution in [3.8, 4) is 5.75 Å². The third-order valence-corrected chi connectivity index (χ3v) is 3.86. The highest BCUT2D eigenvalue weighted by Gasteiger charge is 2.41. The zero-order valence-corrected chi connectivity index (χ0v) is 11.4. The molecule has 1 heterocycles. The lowest BCUT2D eigenvalue weighted by Crippen LogP contribution is -2.47. The normalized spacial score (nSPS) is 17.3. The van der Waals surface area contributed by atoms with Crippen LogP contribution in [0.25, 0.3) is 0 Å². The molecule has 3 heteroatoms. The van der Waals surface area contributed by atoms with Crippen LogP contribution in [0.3, 0.4) is 0 Å². The third-order valence-electron chi connectivity index (χ3n) is 3.86. The molecule has 0 radical (unpaired) electrons. The second-order valence-corrected chi connectivity index (χ2v) is 5.05. The molecule has 100 valence electrons. The fourth-order valence-electron chi connectivity index (χ4n) is 2.61. The summed E-state index contributed by atoms with van der Waals surface area (Å²) in [6.07, 6.45) is 3.15. The summed E-state index contributed by atoms with van der Waals surface area (Å²) in [6.45, 7) is 4.49. The first-order valence-corrected chi connectivity index (χ1v) is 6.71. The zero-order valence-electron chi connectivity index (χ0n) is 11.4. The van der Waals surface area contributed by atoms with Gasteiger partial charge in [0.1, 0.15) is 5.75 Å². The Kier molecular flexibility index (Phi) is 4.25. The van der Waals surface area contributed by atoms with Crippen LogP contribution in [0.5, 0.6) is 5.75 Å². The molecular weight excluding hydrogens is 226 g/mol. The molecule has 1 aliphatic rings. The molecule has 3 nitrogen and oxygen atoms in total. The summed E-state index contributed by atoms with van der Waals surface area (Å²) in [6, 6.07) is 6.49. The minimum absolute atomic E-state index is 0.121. The summed E-state index contributed by atoms with van der Waals surface area (Å²) < 4.78 is 11.0. The van der Waals surface area contributed by atoms with Crippen molar-refractivity contribution in [2.75, 3.05) is 26.9 Å². The van der Waals surface area contributed by atoms with Crippen LogP contribution in [0.4, 0.5) is 0 Å². The van der Waals surface area contributed by atoms with Gasteiger partial charge in [-0.25, -0.2) is 0 Å². The lowest BCUT2D eigenvalue weighted by molar-refractivity contribution is -0.0658. The first kappa shape index (κ1) is 13.4. The maximum absolute atomic E-state index is 5.65. The van der Waals surface area contributed by atoms with E-state index >= 15 is 0 Å². The van der Waals surface area contributed by atoms with E-state index in [4.69, 9.17) is 15.2 Å². The Morgan fingerprint density at radius 3 is 2.67 bits per heavy atom. The molecular formula is C15H23NO2. The van der Waals surface area contributed by atoms with Gasteiger partial charge in [0.25, 0.3) is 0 Å². The van der Waals surface area contributed by atoms with Gasteiger partial charge in [0, 0.05) is 11.0 Å². The molecule has 1 aliphatic heterocycles. The highest BCUT2D eigenvalue weighted by Crippen LogP contribution is 2.41. The van der Waals surface area contributed by atoms with Gasteiger partial charge >= 0.3 is 0 Å². The number of rotatable bonds is 6. The molecule has 0 aromatic heterocycles. The van der Waals surface area contributed by atoms with E-state index in [9.17, 15) is 0 Å². The molecule has 18 heavy (non-hydrogen) atoms. The molecule has 0 saturated carbocycles. The Hall–Kier alpha value is -1.06. The van der Waals surface area contributed by atoms with Crippen molar-refractivity contribution in [2.24, 2.45) is 5.73 Å². The molecule has 0 unspecified atom stereocenters. The molecule has 0 bridgehead atoms. The van der Waals surface area contributed by atoms with Crippen LogP contribution in [0.1, 0.15) is 30.9 Å². The van der Waals surface area contributed by atoms with Crippen LogP contribution < -0.4 is 10.5 Å². The molecule has 2 N–H and O–H groups in total. The molecule has 0 amide bonds. The van der Waals surface area contributed by atoms with Crippen molar-refractivity contribution in [3.05, 3.63) is 29.3 Å². The minimum atomic E-state index is 0.121. The van der Waals surface area contributed by atoms with Crippen LogP contribution in [0.2, 0.25) is 0 Å². The number of aryl methyl sites for hydroxylation is 1. The van der Waals surface area contributed by atoms with Crippen LogP contribution in [0.15, 0.2) is 18.2 Å². The molecule has 2 rings (SSSR count). The van der Waals surface area contributed by atoms with E-state index < -0.39 is 0 Å². The molecule has 1 aromatic carbocycles. The average molecular weight is 249 g/mol. The fraction of sp³-hybridized carbons (Fsp3) is 0.600. The van der Waals surface area contributed by atoms with E-state index in [1.165, 1.54) is 11.1 Å². The van der Waals surface area contributed by atoms with Gasteiger partial charge < -0.3 is 15.2 Å². The highest BCUT2D eigenvalue weighted by atomic mass is 16.5. The number of methoxy groups -OCH3 is 1. The van der Waals surface area contributed by atoms with Gasteiger partial charge in [-0.15, -0.1) is 0 Å². The number of hydrogen-bond donors (Lipinski definition) is 1. The van der Waals surface area contributed by atoms with E-state index in [0.29, 0.717) is 0 Å². The van der Waals surface area contributed by atoms with Crippen molar-refractivity contribution in [1.82, 2.24) is 0 Å². The SMILES string of the molecule is CCc1ccc(OC)c(C2(CCCN)COC2)c1. The van der Waals surface area contributed by atoms with E-state index in [1.807, 2.05) is 0 Å². The Morgan fingerprint density at radius 2 is 2.17 bits per heavy atom. The van der Waals surface area contributed by atoms with E-state index in [2.05, 4.69) is 25.1 Å². The summed E-state index contributed by atoms with van der Waals surface area (Å²) in [5.41, 5.74) is 8.42. The van der Waals surface area contributed by atoms with Crippen molar-refractivity contribution in [3.63, 3.8) is 0 Å². The first-order chi connectivity index (χ1) is 8.75. The average Bonchev–Trinajstić information content (AvgIpc) is 2.37. The number of nitrogens with two attached hydrogens (primary N) is 1. The summed E-state index contributed by atoms with van der Waals surface area (Å²) in [4.78, 5) is 0. The number of hydrogen-bond acceptors (Lipinski definition) is 3. The first-order valence-electron chi connectivity index (χ1n) is 6.71. The maximum Gasteiger partial charge on any atom is 0.122 e. The van der Waals surface area contributed by atoms with Gasteiger partial charge in [-0.3, -0.25) is 0 Å². The second kappa shape index (κ2) is 5.72. The molecule has 0 atom stereocenters. The number of ether oxygens (including phenoxy) is 2.